The predicted octanol–water partition coefficient (Wildman–Crippen LogP) is 3.24. The number of benzene rings is 1. The third-order valence-corrected chi connectivity index (χ3v) is 5.04. The Morgan fingerprint density at radius 2 is 1.85 bits per heavy atom. The molecule has 0 saturated carbocycles. The Morgan fingerprint density at radius 3 is 2.50 bits per heavy atom. The molecule has 138 valence electrons. The van der Waals surface area contributed by atoms with Crippen LogP contribution in [0.3, 0.4) is 0 Å². The number of pyridine rings is 1. The molecule has 1 aromatic carbocycles. The van der Waals surface area contributed by atoms with Gasteiger partial charge < -0.3 is 0 Å². The van der Waals surface area contributed by atoms with Gasteiger partial charge in [-0.2, -0.15) is 5.10 Å². The molecule has 0 amide bonds. The Labute approximate surface area is 154 Å². The molecule has 5 nitrogen and oxygen atoms in total. The van der Waals surface area contributed by atoms with Crippen molar-refractivity contribution in [3.05, 3.63) is 63.1 Å². The van der Waals surface area contributed by atoms with E-state index in [4.69, 9.17) is 0 Å². The first kappa shape index (κ1) is 18.4. The van der Waals surface area contributed by atoms with Crippen molar-refractivity contribution in [2.75, 3.05) is 13.1 Å². The van der Waals surface area contributed by atoms with Gasteiger partial charge in [0.25, 0.3) is 5.56 Å². The Hall–Kier alpha value is -2.40. The summed E-state index contributed by atoms with van der Waals surface area (Å²) < 4.78 is 3.68. The van der Waals surface area contributed by atoms with E-state index in [1.54, 1.807) is 6.07 Å². The highest BCUT2D eigenvalue weighted by Crippen LogP contribution is 2.22. The quantitative estimate of drug-likeness (QED) is 0.684. The third kappa shape index (κ3) is 3.44. The van der Waals surface area contributed by atoms with Crippen molar-refractivity contribution in [3.8, 4) is 0 Å². The van der Waals surface area contributed by atoms with E-state index >= 15 is 0 Å². The summed E-state index contributed by atoms with van der Waals surface area (Å²) in [5.41, 5.74) is 5.31. The Balaban J connectivity index is 2.16. The van der Waals surface area contributed by atoms with Crippen molar-refractivity contribution in [3.63, 3.8) is 0 Å². The molecule has 3 rings (SSSR count). The largest absolute Gasteiger partial charge is 0.300 e. The van der Waals surface area contributed by atoms with E-state index in [-0.39, 0.29) is 5.56 Å². The normalized spacial score (nSPS) is 11.6. The minimum Gasteiger partial charge on any atom is -0.300 e. The van der Waals surface area contributed by atoms with Gasteiger partial charge >= 0.3 is 0 Å². The van der Waals surface area contributed by atoms with Gasteiger partial charge in [0.1, 0.15) is 5.65 Å². The number of hydrogen-bond acceptors (Lipinski definition) is 3. The zero-order valence-electron chi connectivity index (χ0n) is 16.4. The molecular formula is C21H28N4O. The van der Waals surface area contributed by atoms with Gasteiger partial charge in [0.05, 0.1) is 12.2 Å². The summed E-state index contributed by atoms with van der Waals surface area (Å²) in [5.74, 6) is 0. The van der Waals surface area contributed by atoms with Crippen LogP contribution < -0.4 is 5.56 Å². The fourth-order valence-corrected chi connectivity index (χ4v) is 3.69. The van der Waals surface area contributed by atoms with Crippen LogP contribution in [0.1, 0.15) is 36.2 Å². The highest BCUT2D eigenvalue weighted by molar-refractivity contribution is 5.82. The minimum absolute atomic E-state index is 0.0316. The van der Waals surface area contributed by atoms with Gasteiger partial charge in [-0.25, -0.2) is 0 Å². The molecule has 0 saturated heterocycles. The van der Waals surface area contributed by atoms with Crippen LogP contribution in [0.15, 0.2) is 35.1 Å². The van der Waals surface area contributed by atoms with Gasteiger partial charge in [-0.1, -0.05) is 43.7 Å². The van der Waals surface area contributed by atoms with E-state index in [1.165, 1.54) is 5.56 Å². The zero-order chi connectivity index (χ0) is 18.8. The number of fused-ring (bicyclic) bond motifs is 1. The van der Waals surface area contributed by atoms with Crippen LogP contribution in [0, 0.1) is 13.8 Å². The summed E-state index contributed by atoms with van der Waals surface area (Å²) in [7, 11) is 1.92. The SMILES string of the molecule is CCN(CC)Cc1cc(=O)n(Cc2cccc(C)c2)c2c1c(C)nn2C. The molecule has 0 spiro atoms. The summed E-state index contributed by atoms with van der Waals surface area (Å²) in [6, 6.07) is 10.1. The first-order chi connectivity index (χ1) is 12.4. The number of rotatable bonds is 6. The van der Waals surface area contributed by atoms with Crippen molar-refractivity contribution in [1.82, 2.24) is 19.2 Å². The zero-order valence-corrected chi connectivity index (χ0v) is 16.4. The van der Waals surface area contributed by atoms with Crippen molar-refractivity contribution < 1.29 is 0 Å². The molecular weight excluding hydrogens is 324 g/mol. The van der Waals surface area contributed by atoms with Crippen LogP contribution in [0.5, 0.6) is 0 Å². The molecule has 0 aliphatic heterocycles. The maximum atomic E-state index is 13.0. The van der Waals surface area contributed by atoms with Gasteiger partial charge in [0.2, 0.25) is 0 Å². The van der Waals surface area contributed by atoms with Crippen LogP contribution in [0.4, 0.5) is 0 Å². The van der Waals surface area contributed by atoms with Gasteiger partial charge in [-0.3, -0.25) is 18.9 Å². The Bertz CT molecular complexity index is 980. The molecule has 3 aromatic rings. The first-order valence-electron chi connectivity index (χ1n) is 9.28. The minimum atomic E-state index is 0.0316. The average Bonchev–Trinajstić information content (AvgIpc) is 2.90. The topological polar surface area (TPSA) is 43.1 Å². The second-order valence-electron chi connectivity index (χ2n) is 6.95. The standard InChI is InChI=1S/C21H28N4O/c1-6-24(7-2)14-18-12-19(26)25(13-17-10-8-9-15(3)11-17)21-20(18)16(4)22-23(21)5/h8-12H,6-7,13-14H2,1-5H3. The maximum Gasteiger partial charge on any atom is 0.252 e. The molecule has 0 unspecified atom stereocenters. The van der Waals surface area contributed by atoms with Crippen LogP contribution in [0.2, 0.25) is 0 Å². The molecule has 0 aliphatic carbocycles. The molecule has 0 N–H and O–H groups in total. The summed E-state index contributed by atoms with van der Waals surface area (Å²) in [6.07, 6.45) is 0. The molecule has 5 heteroatoms. The third-order valence-electron chi connectivity index (χ3n) is 5.04. The van der Waals surface area contributed by atoms with Crippen molar-refractivity contribution >= 4 is 11.0 Å². The van der Waals surface area contributed by atoms with Crippen molar-refractivity contribution in [1.29, 1.82) is 0 Å². The van der Waals surface area contributed by atoms with Crippen molar-refractivity contribution in [2.24, 2.45) is 7.05 Å². The van der Waals surface area contributed by atoms with Gasteiger partial charge in [0.15, 0.2) is 0 Å². The molecule has 2 heterocycles. The first-order valence-corrected chi connectivity index (χ1v) is 9.28. The lowest BCUT2D eigenvalue weighted by Gasteiger charge is -2.19. The molecule has 0 radical (unpaired) electrons. The number of aromatic nitrogens is 3. The summed E-state index contributed by atoms with van der Waals surface area (Å²) >= 11 is 0. The summed E-state index contributed by atoms with van der Waals surface area (Å²) in [4.78, 5) is 15.3. The lowest BCUT2D eigenvalue weighted by molar-refractivity contribution is 0.296. The average molecular weight is 352 g/mol. The smallest absolute Gasteiger partial charge is 0.252 e. The highest BCUT2D eigenvalue weighted by Gasteiger charge is 2.17. The predicted molar refractivity (Wildman–Crippen MR) is 107 cm³/mol. The van der Waals surface area contributed by atoms with Crippen LogP contribution in [-0.4, -0.2) is 32.3 Å². The van der Waals surface area contributed by atoms with Crippen LogP contribution >= 0.6 is 0 Å². The molecule has 0 atom stereocenters. The molecule has 0 bridgehead atoms. The lowest BCUT2D eigenvalue weighted by Crippen LogP contribution is -2.26. The number of nitrogens with zero attached hydrogens (tertiary/aromatic N) is 4. The number of aryl methyl sites for hydroxylation is 3. The fraction of sp³-hybridized carbons (Fsp3) is 0.429. The van der Waals surface area contributed by atoms with E-state index < -0.39 is 0 Å². The van der Waals surface area contributed by atoms with E-state index in [0.717, 1.165) is 47.5 Å². The van der Waals surface area contributed by atoms with E-state index in [9.17, 15) is 4.79 Å². The summed E-state index contributed by atoms with van der Waals surface area (Å²) in [5, 5.41) is 5.71. The van der Waals surface area contributed by atoms with Crippen LogP contribution in [-0.2, 0) is 20.1 Å². The Kier molecular flexibility index (Phi) is 5.28. The molecule has 0 fully saturated rings. The van der Waals surface area contributed by atoms with Crippen LogP contribution in [0.25, 0.3) is 11.0 Å². The van der Waals surface area contributed by atoms with Crippen molar-refractivity contribution in [2.45, 2.75) is 40.8 Å². The van der Waals surface area contributed by atoms with Gasteiger partial charge in [0, 0.05) is 25.0 Å². The number of hydrogen-bond donors (Lipinski definition) is 0. The monoisotopic (exact) mass is 352 g/mol. The lowest BCUT2D eigenvalue weighted by atomic mass is 10.1. The molecule has 26 heavy (non-hydrogen) atoms. The van der Waals surface area contributed by atoms with E-state index in [0.29, 0.717) is 6.54 Å². The fourth-order valence-electron chi connectivity index (χ4n) is 3.69. The van der Waals surface area contributed by atoms with Gasteiger partial charge in [-0.15, -0.1) is 0 Å². The van der Waals surface area contributed by atoms with Gasteiger partial charge in [-0.05, 0) is 38.1 Å². The second-order valence-corrected chi connectivity index (χ2v) is 6.95. The summed E-state index contributed by atoms with van der Waals surface area (Å²) in [6.45, 7) is 11.6. The molecule has 2 aromatic heterocycles. The highest BCUT2D eigenvalue weighted by atomic mass is 16.1. The Morgan fingerprint density at radius 1 is 1.12 bits per heavy atom. The molecule has 0 aliphatic rings. The van der Waals surface area contributed by atoms with E-state index in [2.05, 4.69) is 49.0 Å². The second kappa shape index (κ2) is 7.46. The maximum absolute atomic E-state index is 13.0. The van der Waals surface area contributed by atoms with E-state index in [1.807, 2.05) is 29.3 Å².